The van der Waals surface area contributed by atoms with Crippen LogP contribution in [0, 0.1) is 0 Å². The monoisotopic (exact) mass is 114 g/mol. The predicted molar refractivity (Wildman–Crippen MR) is 49.9 cm³/mol. The van der Waals surface area contributed by atoms with Crippen LogP contribution in [0.3, 0.4) is 0 Å². The molecule has 3 heteroatoms. The normalized spacial score (nSPS) is 8.89. The summed E-state index contributed by atoms with van der Waals surface area (Å²) in [6.07, 6.45) is 0. The average Bonchev–Trinajstić information content (AvgIpc) is 1.89. The summed E-state index contributed by atoms with van der Waals surface area (Å²) in [4.78, 5) is 0. The van der Waals surface area contributed by atoms with Crippen molar-refractivity contribution in [1.29, 1.82) is 0 Å². The highest BCUT2D eigenvalue weighted by molar-refractivity contribution is 6.99. The van der Waals surface area contributed by atoms with E-state index in [0.717, 1.165) is 7.17 Å². The van der Waals surface area contributed by atoms with E-state index in [1.807, 2.05) is 0 Å². The number of hydrogen-bond acceptors (Lipinski definition) is 0. The lowest BCUT2D eigenvalue weighted by Gasteiger charge is -1.98. The van der Waals surface area contributed by atoms with Gasteiger partial charge in [0.25, 0.3) is 0 Å². The Hall–Kier alpha value is -0.585. The molecule has 0 unspecified atom stereocenters. The van der Waals surface area contributed by atoms with Crippen molar-refractivity contribution in [2.45, 2.75) is 0 Å². The molecule has 1 aromatic rings. The Labute approximate surface area is 58.7 Å². The maximum absolute atomic E-state index is 2.18. The first-order valence-corrected chi connectivity index (χ1v) is 3.39. The molecule has 0 aliphatic heterocycles. The molecule has 1 aromatic carbocycles. The molecule has 0 N–H and O–H groups in total. The summed E-state index contributed by atoms with van der Waals surface area (Å²) in [5.74, 6) is 0. The summed E-state index contributed by atoms with van der Waals surface area (Å²) in [5, 5.41) is 0. The van der Waals surface area contributed by atoms with Crippen molar-refractivity contribution in [2.75, 3.05) is 0 Å². The quantitative estimate of drug-likeness (QED) is 0.355. The summed E-state index contributed by atoms with van der Waals surface area (Å²) in [7, 11) is 5.48. The fraction of sp³-hybridized carbons (Fsp3) is 0. The largest absolute Gasteiger partial charge is 0.138 e. The minimum absolute atomic E-state index is 1.15. The molecule has 0 bridgehead atoms. The van der Waals surface area contributed by atoms with Crippen molar-refractivity contribution in [3.8, 4) is 0 Å². The Kier molecular flexibility index (Phi) is 2.04. The van der Waals surface area contributed by atoms with Crippen LogP contribution in [-0.4, -0.2) is 22.8 Å². The standard InChI is InChI=1S/C6H9B3/c7-5-3-1-2-4-6(5)9-8/h1-4,9H,7-8H2. The first-order valence-electron chi connectivity index (χ1n) is 3.39. The van der Waals surface area contributed by atoms with Crippen LogP contribution < -0.4 is 10.9 Å². The fourth-order valence-electron chi connectivity index (χ4n) is 1.01. The Morgan fingerprint density at radius 1 is 1.22 bits per heavy atom. The molecule has 1 rings (SSSR count). The van der Waals surface area contributed by atoms with Gasteiger partial charge in [0.1, 0.15) is 15.0 Å². The second-order valence-corrected chi connectivity index (χ2v) is 2.28. The zero-order valence-corrected chi connectivity index (χ0v) is 6.02. The molecule has 0 aliphatic rings. The van der Waals surface area contributed by atoms with Crippen molar-refractivity contribution >= 4 is 33.7 Å². The minimum atomic E-state index is 1.15. The van der Waals surface area contributed by atoms with Crippen molar-refractivity contribution in [3.05, 3.63) is 24.3 Å². The predicted octanol–water partition coefficient (Wildman–Crippen LogP) is -2.45. The molecule has 0 heterocycles. The lowest BCUT2D eigenvalue weighted by atomic mass is 9.49. The Morgan fingerprint density at radius 3 is 2.33 bits per heavy atom. The molecule has 0 saturated heterocycles. The highest BCUT2D eigenvalue weighted by Gasteiger charge is 1.90. The Bertz CT molecular complexity index is 197. The summed E-state index contributed by atoms with van der Waals surface area (Å²) in [5.41, 5.74) is 2.86. The van der Waals surface area contributed by atoms with Gasteiger partial charge in [-0.05, 0) is 0 Å². The van der Waals surface area contributed by atoms with Crippen LogP contribution in [0.2, 0.25) is 0 Å². The van der Waals surface area contributed by atoms with E-state index in [1.165, 1.54) is 10.9 Å². The molecule has 0 radical (unpaired) electrons. The van der Waals surface area contributed by atoms with Crippen LogP contribution in [0.15, 0.2) is 24.3 Å². The average molecular weight is 114 g/mol. The molecular formula is C6H9B3. The Morgan fingerprint density at radius 2 is 1.89 bits per heavy atom. The van der Waals surface area contributed by atoms with Crippen LogP contribution in [0.4, 0.5) is 0 Å². The maximum atomic E-state index is 2.18. The molecule has 0 saturated carbocycles. The van der Waals surface area contributed by atoms with Crippen LogP contribution >= 0.6 is 0 Å². The molecule has 0 nitrogen and oxygen atoms in total. The van der Waals surface area contributed by atoms with E-state index in [4.69, 9.17) is 0 Å². The third-order valence-corrected chi connectivity index (χ3v) is 1.64. The number of rotatable bonds is 1. The second-order valence-electron chi connectivity index (χ2n) is 2.28. The van der Waals surface area contributed by atoms with E-state index < -0.39 is 0 Å². The van der Waals surface area contributed by atoms with Gasteiger partial charge in [-0.25, -0.2) is 0 Å². The van der Waals surface area contributed by atoms with E-state index in [9.17, 15) is 0 Å². The maximum Gasteiger partial charge on any atom is 0.138 e. The van der Waals surface area contributed by atoms with E-state index in [1.54, 1.807) is 0 Å². The zero-order chi connectivity index (χ0) is 6.69. The molecule has 0 fully saturated rings. The lowest BCUT2D eigenvalue weighted by Crippen LogP contribution is -2.30. The van der Waals surface area contributed by atoms with Crippen molar-refractivity contribution in [1.82, 2.24) is 0 Å². The van der Waals surface area contributed by atoms with Gasteiger partial charge in [0.2, 0.25) is 0 Å². The number of hydrogen-bond donors (Lipinski definition) is 0. The fourth-order valence-corrected chi connectivity index (χ4v) is 1.01. The molecule has 0 aliphatic carbocycles. The van der Waals surface area contributed by atoms with Crippen LogP contribution in [-0.2, 0) is 0 Å². The summed E-state index contributed by atoms with van der Waals surface area (Å²) in [6, 6.07) is 8.49. The van der Waals surface area contributed by atoms with Gasteiger partial charge >= 0.3 is 0 Å². The second kappa shape index (κ2) is 2.81. The smallest absolute Gasteiger partial charge is 0.0996 e. The molecule has 42 valence electrons. The first-order chi connectivity index (χ1) is 4.34. The molecule has 0 atom stereocenters. The van der Waals surface area contributed by atoms with Gasteiger partial charge in [-0.1, -0.05) is 35.2 Å². The lowest BCUT2D eigenvalue weighted by molar-refractivity contribution is 1.83. The van der Waals surface area contributed by atoms with Gasteiger partial charge in [0, 0.05) is 0 Å². The van der Waals surface area contributed by atoms with Crippen LogP contribution in [0.1, 0.15) is 0 Å². The zero-order valence-electron chi connectivity index (χ0n) is 6.02. The van der Waals surface area contributed by atoms with Crippen LogP contribution in [0.5, 0.6) is 0 Å². The third kappa shape index (κ3) is 1.41. The van der Waals surface area contributed by atoms with Crippen molar-refractivity contribution in [3.63, 3.8) is 0 Å². The van der Waals surface area contributed by atoms with Gasteiger partial charge in [-0.15, -0.1) is 0 Å². The van der Waals surface area contributed by atoms with E-state index in [0.29, 0.717) is 0 Å². The minimum Gasteiger partial charge on any atom is -0.0996 e. The van der Waals surface area contributed by atoms with E-state index in [2.05, 4.69) is 39.8 Å². The van der Waals surface area contributed by atoms with Gasteiger partial charge in [-0.3, -0.25) is 0 Å². The Balaban J connectivity index is 3.01. The van der Waals surface area contributed by atoms with Crippen LogP contribution in [0.25, 0.3) is 0 Å². The van der Waals surface area contributed by atoms with Crippen molar-refractivity contribution in [2.24, 2.45) is 0 Å². The third-order valence-electron chi connectivity index (χ3n) is 1.64. The number of benzene rings is 1. The van der Waals surface area contributed by atoms with Gasteiger partial charge in [0.05, 0.1) is 7.74 Å². The molecule has 9 heavy (non-hydrogen) atoms. The van der Waals surface area contributed by atoms with Gasteiger partial charge in [-0.2, -0.15) is 0 Å². The SMILES string of the molecule is BBc1ccccc1B. The van der Waals surface area contributed by atoms with Crippen molar-refractivity contribution < 1.29 is 0 Å². The summed E-state index contributed by atoms with van der Waals surface area (Å²) < 4.78 is 0. The highest BCUT2D eigenvalue weighted by atomic mass is 13.8. The highest BCUT2D eigenvalue weighted by Crippen LogP contribution is 1.75. The molecular weight excluding hydrogens is 105 g/mol. The summed E-state index contributed by atoms with van der Waals surface area (Å²) in [6.45, 7) is 0. The topological polar surface area (TPSA) is 0 Å². The first kappa shape index (κ1) is 6.53. The van der Waals surface area contributed by atoms with E-state index >= 15 is 0 Å². The summed E-state index contributed by atoms with van der Waals surface area (Å²) >= 11 is 0. The molecule has 0 spiro atoms. The van der Waals surface area contributed by atoms with E-state index in [-0.39, 0.29) is 0 Å². The van der Waals surface area contributed by atoms with Gasteiger partial charge < -0.3 is 0 Å². The molecule has 0 amide bonds. The molecule has 0 aromatic heterocycles. The van der Waals surface area contributed by atoms with Gasteiger partial charge in [0.15, 0.2) is 0 Å².